The van der Waals surface area contributed by atoms with Crippen molar-refractivity contribution in [3.8, 4) is 11.4 Å². The molecular weight excluding hydrogens is 358 g/mol. The molecule has 0 aliphatic rings. The molecule has 0 unspecified atom stereocenters. The fraction of sp³-hybridized carbons (Fsp3) is 0.154. The lowest BCUT2D eigenvalue weighted by atomic mass is 10.2. The van der Waals surface area contributed by atoms with Crippen LogP contribution >= 0.6 is 39.5 Å². The molecule has 0 aliphatic carbocycles. The van der Waals surface area contributed by atoms with Gasteiger partial charge in [0.05, 0.1) is 27.0 Å². The maximum absolute atomic E-state index is 5.27. The van der Waals surface area contributed by atoms with Crippen molar-refractivity contribution in [3.05, 3.63) is 38.5 Å². The molecule has 102 valence electrons. The Morgan fingerprint density at radius 2 is 2.35 bits per heavy atom. The van der Waals surface area contributed by atoms with Crippen molar-refractivity contribution in [2.75, 3.05) is 7.11 Å². The van der Waals surface area contributed by atoms with Crippen LogP contribution in [0, 0.1) is 4.64 Å². The van der Waals surface area contributed by atoms with Gasteiger partial charge < -0.3 is 9.72 Å². The number of aromatic amines is 1. The van der Waals surface area contributed by atoms with Crippen LogP contribution in [0.4, 0.5) is 0 Å². The normalized spacial score (nSPS) is 11.1. The number of hydrogen-bond acceptors (Lipinski definition) is 5. The molecule has 0 bridgehead atoms. The van der Waals surface area contributed by atoms with Crippen molar-refractivity contribution in [1.29, 1.82) is 0 Å². The van der Waals surface area contributed by atoms with E-state index in [-0.39, 0.29) is 0 Å². The standard InChI is InChI=1S/C13H10BrN3OS2/c1-18-6-9-11(14)13(19)17-12(16-9)7-4-10-8(15-5-7)2-3-20-10/h2-5H,6H2,1H3,(H,16,17,19). The van der Waals surface area contributed by atoms with Gasteiger partial charge in [-0.3, -0.25) is 4.98 Å². The van der Waals surface area contributed by atoms with E-state index in [1.807, 2.05) is 11.4 Å². The minimum Gasteiger partial charge on any atom is -0.378 e. The Labute approximate surface area is 133 Å². The lowest BCUT2D eigenvalue weighted by Crippen LogP contribution is -2.00. The van der Waals surface area contributed by atoms with Crippen molar-refractivity contribution in [1.82, 2.24) is 15.0 Å². The van der Waals surface area contributed by atoms with Gasteiger partial charge in [-0.2, -0.15) is 0 Å². The molecule has 7 heteroatoms. The van der Waals surface area contributed by atoms with Gasteiger partial charge in [-0.1, -0.05) is 12.2 Å². The molecule has 0 fully saturated rings. The molecule has 4 nitrogen and oxygen atoms in total. The summed E-state index contributed by atoms with van der Waals surface area (Å²) in [5.74, 6) is 0.702. The number of nitrogens with zero attached hydrogens (tertiary/aromatic N) is 2. The van der Waals surface area contributed by atoms with Crippen LogP contribution in [0.1, 0.15) is 5.69 Å². The predicted octanol–water partition coefficient (Wildman–Crippen LogP) is 4.32. The third-order valence-electron chi connectivity index (χ3n) is 2.80. The molecule has 0 radical (unpaired) electrons. The molecule has 3 aromatic heterocycles. The summed E-state index contributed by atoms with van der Waals surface area (Å²) in [5.41, 5.74) is 2.77. The first kappa shape index (κ1) is 13.8. The molecule has 3 aromatic rings. The van der Waals surface area contributed by atoms with Crippen molar-refractivity contribution in [3.63, 3.8) is 0 Å². The molecule has 0 spiro atoms. The van der Waals surface area contributed by atoms with Crippen LogP contribution < -0.4 is 0 Å². The summed E-state index contributed by atoms with van der Waals surface area (Å²) in [6, 6.07) is 4.06. The van der Waals surface area contributed by atoms with Crippen molar-refractivity contribution >= 4 is 49.7 Å². The largest absolute Gasteiger partial charge is 0.378 e. The Bertz CT molecular complexity index is 828. The topological polar surface area (TPSA) is 50.8 Å². The van der Waals surface area contributed by atoms with Crippen LogP contribution in [0.5, 0.6) is 0 Å². The maximum atomic E-state index is 5.27. The molecule has 0 aliphatic heterocycles. The second-order valence-electron chi connectivity index (χ2n) is 4.14. The summed E-state index contributed by atoms with van der Waals surface area (Å²) in [5, 5.41) is 2.02. The van der Waals surface area contributed by atoms with E-state index in [4.69, 9.17) is 17.0 Å². The predicted molar refractivity (Wildman–Crippen MR) is 86.4 cm³/mol. The summed E-state index contributed by atoms with van der Waals surface area (Å²) in [6.45, 7) is 0.439. The second-order valence-corrected chi connectivity index (χ2v) is 6.27. The van der Waals surface area contributed by atoms with E-state index in [0.29, 0.717) is 17.1 Å². The molecule has 0 saturated heterocycles. The third-order valence-corrected chi connectivity index (χ3v) is 5.07. The number of thiophene rings is 1. The molecule has 0 amide bonds. The number of methoxy groups -OCH3 is 1. The Kier molecular flexibility index (Phi) is 3.93. The first-order valence-corrected chi connectivity index (χ1v) is 7.88. The molecule has 3 heterocycles. The Morgan fingerprint density at radius 3 is 3.15 bits per heavy atom. The lowest BCUT2D eigenvalue weighted by molar-refractivity contribution is 0.181. The molecular formula is C13H10BrN3OS2. The second kappa shape index (κ2) is 5.69. The highest BCUT2D eigenvalue weighted by molar-refractivity contribution is 9.10. The van der Waals surface area contributed by atoms with Gasteiger partial charge in [0.2, 0.25) is 0 Å². The van der Waals surface area contributed by atoms with Crippen molar-refractivity contribution < 1.29 is 4.74 Å². The van der Waals surface area contributed by atoms with Gasteiger partial charge in [0.1, 0.15) is 10.5 Å². The van der Waals surface area contributed by atoms with E-state index < -0.39 is 0 Å². The van der Waals surface area contributed by atoms with Crippen LogP contribution in [0.15, 0.2) is 28.2 Å². The molecule has 0 saturated carbocycles. The van der Waals surface area contributed by atoms with E-state index in [9.17, 15) is 0 Å². The van der Waals surface area contributed by atoms with E-state index >= 15 is 0 Å². The van der Waals surface area contributed by atoms with Gasteiger partial charge in [-0.05, 0) is 33.4 Å². The highest BCUT2D eigenvalue weighted by Gasteiger charge is 2.09. The quantitative estimate of drug-likeness (QED) is 0.700. The summed E-state index contributed by atoms with van der Waals surface area (Å²) in [4.78, 5) is 12.1. The smallest absolute Gasteiger partial charge is 0.144 e. The van der Waals surface area contributed by atoms with E-state index in [0.717, 1.165) is 25.9 Å². The minimum atomic E-state index is 0.439. The zero-order valence-corrected chi connectivity index (χ0v) is 13.7. The van der Waals surface area contributed by atoms with E-state index in [1.165, 1.54) is 0 Å². The van der Waals surface area contributed by atoms with Gasteiger partial charge in [0.25, 0.3) is 0 Å². The number of fused-ring (bicyclic) bond motifs is 1. The highest BCUT2D eigenvalue weighted by atomic mass is 79.9. The lowest BCUT2D eigenvalue weighted by Gasteiger charge is -2.07. The summed E-state index contributed by atoms with van der Waals surface area (Å²) < 4.78 is 7.57. The highest BCUT2D eigenvalue weighted by Crippen LogP contribution is 2.26. The number of pyridine rings is 1. The van der Waals surface area contributed by atoms with Gasteiger partial charge in [-0.15, -0.1) is 11.3 Å². The molecule has 20 heavy (non-hydrogen) atoms. The fourth-order valence-corrected chi connectivity index (χ4v) is 3.16. The van der Waals surface area contributed by atoms with E-state index in [2.05, 4.69) is 36.9 Å². The third kappa shape index (κ3) is 2.54. The van der Waals surface area contributed by atoms with E-state index in [1.54, 1.807) is 24.6 Å². The molecule has 0 atom stereocenters. The number of rotatable bonds is 3. The number of nitrogens with one attached hydrogen (secondary N) is 1. The summed E-state index contributed by atoms with van der Waals surface area (Å²) >= 11 is 10.4. The number of ether oxygens (including phenoxy) is 1. The van der Waals surface area contributed by atoms with Crippen LogP contribution in [-0.2, 0) is 11.3 Å². The van der Waals surface area contributed by atoms with Crippen molar-refractivity contribution in [2.45, 2.75) is 6.61 Å². The zero-order valence-electron chi connectivity index (χ0n) is 10.5. The average Bonchev–Trinajstić information content (AvgIpc) is 2.91. The molecule has 0 aromatic carbocycles. The van der Waals surface area contributed by atoms with Gasteiger partial charge in [0.15, 0.2) is 0 Å². The Balaban J connectivity index is 2.15. The number of halogens is 1. The Hall–Kier alpha value is -1.15. The zero-order chi connectivity index (χ0) is 14.1. The summed E-state index contributed by atoms with van der Waals surface area (Å²) in [6.07, 6.45) is 1.80. The Morgan fingerprint density at radius 1 is 1.50 bits per heavy atom. The monoisotopic (exact) mass is 367 g/mol. The number of H-pyrrole nitrogens is 1. The number of hydrogen-bond donors (Lipinski definition) is 1. The maximum Gasteiger partial charge on any atom is 0.144 e. The average molecular weight is 368 g/mol. The van der Waals surface area contributed by atoms with Gasteiger partial charge in [-0.25, -0.2) is 4.98 Å². The van der Waals surface area contributed by atoms with Crippen LogP contribution in [-0.4, -0.2) is 22.1 Å². The molecule has 3 rings (SSSR count). The summed E-state index contributed by atoms with van der Waals surface area (Å²) in [7, 11) is 1.64. The van der Waals surface area contributed by atoms with Crippen LogP contribution in [0.25, 0.3) is 21.6 Å². The van der Waals surface area contributed by atoms with Crippen LogP contribution in [0.3, 0.4) is 0 Å². The first-order valence-electron chi connectivity index (χ1n) is 5.80. The van der Waals surface area contributed by atoms with Gasteiger partial charge >= 0.3 is 0 Å². The SMILES string of the molecule is COCc1[nH]c(-c2cnc3ccsc3c2)nc(=S)c1Br. The van der Waals surface area contributed by atoms with Crippen LogP contribution in [0.2, 0.25) is 0 Å². The number of aromatic nitrogens is 3. The first-order chi connectivity index (χ1) is 9.69. The minimum absolute atomic E-state index is 0.439. The molecule has 1 N–H and O–H groups in total. The van der Waals surface area contributed by atoms with Gasteiger partial charge in [0, 0.05) is 18.9 Å². The fourth-order valence-electron chi connectivity index (χ4n) is 1.86. The van der Waals surface area contributed by atoms with Crippen molar-refractivity contribution in [2.24, 2.45) is 0 Å².